The summed E-state index contributed by atoms with van der Waals surface area (Å²) in [6.45, 7) is 4.14. The first kappa shape index (κ1) is 27.1. The van der Waals surface area contributed by atoms with Gasteiger partial charge in [0.25, 0.3) is 6.20 Å². The second-order valence-electron chi connectivity index (χ2n) is 4.97. The van der Waals surface area contributed by atoms with E-state index in [0.29, 0.717) is 12.4 Å². The van der Waals surface area contributed by atoms with Gasteiger partial charge in [-0.1, -0.05) is 6.07 Å². The van der Waals surface area contributed by atoms with Crippen molar-refractivity contribution in [3.8, 4) is 0 Å². The Morgan fingerprint density at radius 1 is 1.33 bits per heavy atom. The van der Waals surface area contributed by atoms with Crippen molar-refractivity contribution in [3.05, 3.63) is 50.6 Å². The first-order chi connectivity index (χ1) is 12.1. The molecule has 0 atom stereocenters. The summed E-state index contributed by atoms with van der Waals surface area (Å²) in [7, 11) is 0. The first-order valence-electron chi connectivity index (χ1n) is 7.41. The van der Waals surface area contributed by atoms with Crippen molar-refractivity contribution in [3.63, 3.8) is 0 Å². The van der Waals surface area contributed by atoms with Crippen molar-refractivity contribution in [2.75, 3.05) is 13.1 Å². The molecule has 153 valence electrons. The fraction of sp³-hybridized carbons (Fsp3) is 0.400. The fourth-order valence-electron chi connectivity index (χ4n) is 1.83. The number of carbonyl (C=O) groups excluding carboxylic acids is 2. The largest absolute Gasteiger partial charge is 2.00 e. The number of carbonyl (C=O) groups is 2. The number of rotatable bonds is 3. The standard InChI is InChI=1S/C11H13BrN4O2.2C2H4O2.Cu/c12-10-3-2-9(6-14-10)7-15-5-1-4-13-11(15)8-16(17)18;2*1-2(3)4;/h2-3,6,8,13H,1,4-5,7H2;2*1H3,(H,3,4);/q;;;+2/p-2. The van der Waals surface area contributed by atoms with Crippen molar-refractivity contribution >= 4 is 27.9 Å². The molecule has 1 aliphatic rings. The summed E-state index contributed by atoms with van der Waals surface area (Å²) in [5.74, 6) is -1.60. The molecule has 0 aromatic carbocycles. The van der Waals surface area contributed by atoms with Crippen LogP contribution in [0.3, 0.4) is 0 Å². The minimum absolute atomic E-state index is 0. The molecule has 0 aliphatic carbocycles. The zero-order valence-electron chi connectivity index (χ0n) is 14.6. The molecule has 10 nitrogen and oxygen atoms in total. The van der Waals surface area contributed by atoms with Gasteiger partial charge in [0, 0.05) is 37.8 Å². The molecule has 0 saturated carbocycles. The molecule has 2 heterocycles. The number of halogens is 1. The van der Waals surface area contributed by atoms with Gasteiger partial charge in [-0.3, -0.25) is 10.1 Å². The van der Waals surface area contributed by atoms with E-state index in [1.54, 1.807) is 6.20 Å². The molecule has 2 rings (SSSR count). The van der Waals surface area contributed by atoms with Gasteiger partial charge >= 0.3 is 17.1 Å². The number of nitrogens with one attached hydrogen (secondary N) is 1. The number of nitrogens with zero attached hydrogens (tertiary/aromatic N) is 3. The van der Waals surface area contributed by atoms with Gasteiger partial charge in [0.15, 0.2) is 5.82 Å². The molecule has 0 amide bonds. The van der Waals surface area contributed by atoms with Crippen molar-refractivity contribution in [2.24, 2.45) is 0 Å². The molecule has 1 aromatic rings. The summed E-state index contributed by atoms with van der Waals surface area (Å²) in [6, 6.07) is 3.82. The molecule has 1 radical (unpaired) electrons. The molecular formula is C15H19BrCuN4O6. The summed E-state index contributed by atoms with van der Waals surface area (Å²) in [5, 5.41) is 31.4. The smallest absolute Gasteiger partial charge is 0.550 e. The van der Waals surface area contributed by atoms with Gasteiger partial charge in [0.05, 0.1) is 4.92 Å². The zero-order valence-corrected chi connectivity index (χ0v) is 17.1. The number of aromatic nitrogens is 1. The number of nitro groups is 1. The Balaban J connectivity index is 0. The van der Waals surface area contributed by atoms with E-state index in [1.807, 2.05) is 17.0 Å². The van der Waals surface area contributed by atoms with Crippen molar-refractivity contribution in [1.29, 1.82) is 0 Å². The third-order valence-electron chi connectivity index (χ3n) is 2.64. The minimum atomic E-state index is -1.08. The predicted molar refractivity (Wildman–Crippen MR) is 91.4 cm³/mol. The molecule has 12 heteroatoms. The zero-order chi connectivity index (χ0) is 20.1. The molecule has 1 N–H and O–H groups in total. The maximum atomic E-state index is 10.6. The molecule has 0 bridgehead atoms. The Kier molecular flexibility index (Phi) is 15.0. The SMILES string of the molecule is CC(=O)[O-].CC(=O)[O-].O=[N+]([O-])C=C1NCCCN1Cc1ccc(Br)nc1.[Cu+2]. The Labute approximate surface area is 175 Å². The van der Waals surface area contributed by atoms with Gasteiger partial charge in [0.2, 0.25) is 0 Å². The molecule has 1 saturated heterocycles. The third-order valence-corrected chi connectivity index (χ3v) is 3.11. The molecular weight excluding hydrogens is 476 g/mol. The van der Waals surface area contributed by atoms with E-state index in [0.717, 1.165) is 49.7 Å². The van der Waals surface area contributed by atoms with Crippen LogP contribution in [0.25, 0.3) is 0 Å². The van der Waals surface area contributed by atoms with E-state index in [-0.39, 0.29) is 17.1 Å². The number of carboxylic acids is 2. The van der Waals surface area contributed by atoms with Crippen LogP contribution in [0.5, 0.6) is 0 Å². The topological polar surface area (TPSA) is 152 Å². The summed E-state index contributed by atoms with van der Waals surface area (Å²) < 4.78 is 0.782. The van der Waals surface area contributed by atoms with E-state index in [9.17, 15) is 10.1 Å². The first-order valence-corrected chi connectivity index (χ1v) is 8.20. The van der Waals surface area contributed by atoms with Crippen molar-refractivity contribution in [2.45, 2.75) is 26.8 Å². The van der Waals surface area contributed by atoms with Crippen LogP contribution in [-0.4, -0.2) is 39.8 Å². The quantitative estimate of drug-likeness (QED) is 0.247. The summed E-state index contributed by atoms with van der Waals surface area (Å²) in [6.07, 6.45) is 3.76. The predicted octanol–water partition coefficient (Wildman–Crippen LogP) is -0.775. The molecule has 1 aromatic heterocycles. The van der Waals surface area contributed by atoms with Crippen LogP contribution in [0.4, 0.5) is 0 Å². The Morgan fingerprint density at radius 2 is 1.89 bits per heavy atom. The Morgan fingerprint density at radius 3 is 2.33 bits per heavy atom. The molecule has 27 heavy (non-hydrogen) atoms. The summed E-state index contributed by atoms with van der Waals surface area (Å²) in [5.41, 5.74) is 1.02. The van der Waals surface area contributed by atoms with Crippen molar-refractivity contribution in [1.82, 2.24) is 15.2 Å². The average Bonchev–Trinajstić information content (AvgIpc) is 2.50. The number of carboxylic acid groups (broad SMARTS) is 2. The van der Waals surface area contributed by atoms with Gasteiger partial charge in [-0.15, -0.1) is 0 Å². The van der Waals surface area contributed by atoms with E-state index < -0.39 is 16.9 Å². The maximum absolute atomic E-state index is 10.6. The van der Waals surface area contributed by atoms with Gasteiger partial charge < -0.3 is 30.0 Å². The number of hydrogen-bond donors (Lipinski definition) is 1. The van der Waals surface area contributed by atoms with Crippen LogP contribution >= 0.6 is 15.9 Å². The maximum Gasteiger partial charge on any atom is 2.00 e. The van der Waals surface area contributed by atoms with Crippen LogP contribution in [-0.2, 0) is 33.2 Å². The number of hydrogen-bond acceptors (Lipinski definition) is 9. The van der Waals surface area contributed by atoms with E-state index >= 15 is 0 Å². The van der Waals surface area contributed by atoms with Crippen LogP contribution in [0.2, 0.25) is 0 Å². The van der Waals surface area contributed by atoms with Crippen LogP contribution in [0.15, 0.2) is 35.0 Å². The van der Waals surface area contributed by atoms with Crippen LogP contribution in [0, 0.1) is 10.1 Å². The monoisotopic (exact) mass is 493 g/mol. The van der Waals surface area contributed by atoms with Gasteiger partial charge in [-0.05, 0) is 47.8 Å². The molecule has 1 fully saturated rings. The van der Waals surface area contributed by atoms with E-state index in [4.69, 9.17) is 19.8 Å². The summed E-state index contributed by atoms with van der Waals surface area (Å²) in [4.78, 5) is 34.0. The molecule has 0 unspecified atom stereocenters. The van der Waals surface area contributed by atoms with E-state index in [1.165, 1.54) is 0 Å². The van der Waals surface area contributed by atoms with Gasteiger partial charge in [0.1, 0.15) is 4.60 Å². The van der Waals surface area contributed by atoms with Crippen LogP contribution < -0.4 is 15.5 Å². The molecule has 0 spiro atoms. The Bertz CT molecular complexity index is 622. The van der Waals surface area contributed by atoms with Gasteiger partial charge in [-0.25, -0.2) is 4.98 Å². The van der Waals surface area contributed by atoms with E-state index in [2.05, 4.69) is 26.2 Å². The second-order valence-corrected chi connectivity index (χ2v) is 5.79. The van der Waals surface area contributed by atoms with Crippen molar-refractivity contribution < 1.29 is 41.8 Å². The normalized spacial score (nSPS) is 13.6. The third kappa shape index (κ3) is 15.8. The number of pyridine rings is 1. The molecule has 1 aliphatic heterocycles. The minimum Gasteiger partial charge on any atom is -0.550 e. The fourth-order valence-corrected chi connectivity index (χ4v) is 2.06. The summed E-state index contributed by atoms with van der Waals surface area (Å²) >= 11 is 3.28. The van der Waals surface area contributed by atoms with Gasteiger partial charge in [-0.2, -0.15) is 0 Å². The Hall–Kier alpha value is -2.17. The van der Waals surface area contributed by atoms with Crippen LogP contribution in [0.1, 0.15) is 25.8 Å². The number of aliphatic carboxylic acids is 2. The average molecular weight is 495 g/mol. The second kappa shape index (κ2) is 14.9.